The second-order valence-corrected chi connectivity index (χ2v) is 2.80. The summed E-state index contributed by atoms with van der Waals surface area (Å²) in [6.07, 6.45) is 3.53. The minimum Gasteiger partial charge on any atom is -0.323 e. The number of pyridine rings is 1. The van der Waals surface area contributed by atoms with Crippen LogP contribution in [-0.2, 0) is 0 Å². The van der Waals surface area contributed by atoms with Gasteiger partial charge in [-0.15, -0.1) is 0 Å². The fourth-order valence-corrected chi connectivity index (χ4v) is 1.07. The first-order valence-corrected chi connectivity index (χ1v) is 4.04. The van der Waals surface area contributed by atoms with Crippen LogP contribution in [0.2, 0.25) is 0 Å². The number of aromatic nitrogens is 3. The van der Waals surface area contributed by atoms with Gasteiger partial charge in [0.15, 0.2) is 5.82 Å². The number of hydrogen-bond donors (Lipinski definition) is 2. The molecule has 0 aliphatic rings. The van der Waals surface area contributed by atoms with Crippen LogP contribution in [0.5, 0.6) is 0 Å². The summed E-state index contributed by atoms with van der Waals surface area (Å²) in [5.41, 5.74) is 1.17. The topological polar surface area (TPSA) is 53.6 Å². The molecule has 2 aromatic rings. The van der Waals surface area contributed by atoms with E-state index < -0.39 is 0 Å². The van der Waals surface area contributed by atoms with Crippen molar-refractivity contribution in [2.45, 2.75) is 6.92 Å². The number of anilines is 2. The maximum Gasteiger partial charge on any atom is 0.153 e. The van der Waals surface area contributed by atoms with Gasteiger partial charge in [0.05, 0.1) is 0 Å². The smallest absolute Gasteiger partial charge is 0.153 e. The zero-order valence-electron chi connectivity index (χ0n) is 7.28. The Morgan fingerprint density at radius 3 is 2.92 bits per heavy atom. The van der Waals surface area contributed by atoms with Crippen molar-refractivity contribution < 1.29 is 0 Å². The summed E-state index contributed by atoms with van der Waals surface area (Å²) in [7, 11) is 0. The average molecular weight is 174 g/mol. The van der Waals surface area contributed by atoms with Gasteiger partial charge in [-0.25, -0.2) is 4.98 Å². The molecule has 0 saturated carbocycles. The van der Waals surface area contributed by atoms with Crippen molar-refractivity contribution >= 4 is 11.6 Å². The molecule has 0 amide bonds. The summed E-state index contributed by atoms with van der Waals surface area (Å²) < 4.78 is 0. The number of rotatable bonds is 2. The lowest BCUT2D eigenvalue weighted by atomic mass is 10.3. The molecule has 2 heterocycles. The molecule has 2 aromatic heterocycles. The number of H-pyrrole nitrogens is 1. The molecule has 2 rings (SSSR count). The lowest BCUT2D eigenvalue weighted by Crippen LogP contribution is -1.93. The van der Waals surface area contributed by atoms with E-state index in [9.17, 15) is 0 Å². The molecule has 0 radical (unpaired) electrons. The number of nitrogens with zero attached hydrogens (tertiary/aromatic N) is 2. The van der Waals surface area contributed by atoms with E-state index in [4.69, 9.17) is 0 Å². The van der Waals surface area contributed by atoms with Crippen LogP contribution in [0.1, 0.15) is 5.56 Å². The van der Waals surface area contributed by atoms with E-state index in [1.165, 1.54) is 5.56 Å². The molecular formula is C9H10N4. The van der Waals surface area contributed by atoms with Crippen molar-refractivity contribution in [2.24, 2.45) is 0 Å². The van der Waals surface area contributed by atoms with Gasteiger partial charge in [0.2, 0.25) is 0 Å². The third-order valence-electron chi connectivity index (χ3n) is 1.67. The Bertz CT molecular complexity index is 380. The number of aryl methyl sites for hydroxylation is 1. The van der Waals surface area contributed by atoms with Crippen molar-refractivity contribution in [3.05, 3.63) is 36.2 Å². The van der Waals surface area contributed by atoms with Crippen molar-refractivity contribution in [1.29, 1.82) is 0 Å². The van der Waals surface area contributed by atoms with Gasteiger partial charge in [0, 0.05) is 18.5 Å². The molecule has 4 nitrogen and oxygen atoms in total. The normalized spacial score (nSPS) is 9.92. The zero-order valence-corrected chi connectivity index (χ0v) is 7.28. The van der Waals surface area contributed by atoms with Gasteiger partial charge in [0.1, 0.15) is 5.82 Å². The molecular weight excluding hydrogens is 164 g/mol. The highest BCUT2D eigenvalue weighted by atomic mass is 15.2. The van der Waals surface area contributed by atoms with Crippen molar-refractivity contribution in [3.63, 3.8) is 0 Å². The van der Waals surface area contributed by atoms with Gasteiger partial charge in [-0.05, 0) is 24.6 Å². The van der Waals surface area contributed by atoms with Gasteiger partial charge in [-0.1, -0.05) is 0 Å². The van der Waals surface area contributed by atoms with Crippen LogP contribution in [0.25, 0.3) is 0 Å². The molecule has 0 fully saturated rings. The first kappa shape index (κ1) is 7.79. The Kier molecular flexibility index (Phi) is 1.96. The van der Waals surface area contributed by atoms with E-state index in [0.29, 0.717) is 0 Å². The number of aromatic amines is 1. The zero-order chi connectivity index (χ0) is 9.10. The molecule has 66 valence electrons. The highest BCUT2D eigenvalue weighted by Gasteiger charge is 1.96. The standard InChI is InChI=1S/C9H10N4/c1-7-2-4-10-9(6-7)12-8-3-5-11-13-8/h2-6H,1H3,(H2,10,11,12,13). The van der Waals surface area contributed by atoms with Crippen molar-refractivity contribution in [2.75, 3.05) is 5.32 Å². The molecule has 0 aliphatic heterocycles. The third kappa shape index (κ3) is 1.84. The maximum atomic E-state index is 4.15. The predicted molar refractivity (Wildman–Crippen MR) is 50.8 cm³/mol. The van der Waals surface area contributed by atoms with Crippen LogP contribution in [-0.4, -0.2) is 15.2 Å². The molecule has 13 heavy (non-hydrogen) atoms. The minimum atomic E-state index is 0.776. The van der Waals surface area contributed by atoms with E-state index in [-0.39, 0.29) is 0 Å². The summed E-state index contributed by atoms with van der Waals surface area (Å²) >= 11 is 0. The van der Waals surface area contributed by atoms with E-state index in [1.54, 1.807) is 12.4 Å². The summed E-state index contributed by atoms with van der Waals surface area (Å²) in [6, 6.07) is 5.77. The summed E-state index contributed by atoms with van der Waals surface area (Å²) in [4.78, 5) is 4.15. The lowest BCUT2D eigenvalue weighted by Gasteiger charge is -2.01. The Balaban J connectivity index is 2.19. The molecule has 0 aromatic carbocycles. The second kappa shape index (κ2) is 3.26. The Hall–Kier alpha value is -1.84. The Labute approximate surface area is 76.0 Å². The number of nitrogens with one attached hydrogen (secondary N) is 2. The predicted octanol–water partition coefficient (Wildman–Crippen LogP) is 1.86. The highest BCUT2D eigenvalue weighted by molar-refractivity contribution is 5.51. The van der Waals surface area contributed by atoms with Gasteiger partial charge < -0.3 is 5.32 Å². The third-order valence-corrected chi connectivity index (χ3v) is 1.67. The van der Waals surface area contributed by atoms with E-state index in [1.807, 2.05) is 25.1 Å². The van der Waals surface area contributed by atoms with E-state index >= 15 is 0 Å². The quantitative estimate of drug-likeness (QED) is 0.730. The molecule has 0 bridgehead atoms. The van der Waals surface area contributed by atoms with Crippen LogP contribution in [0.15, 0.2) is 30.6 Å². The van der Waals surface area contributed by atoms with Crippen LogP contribution < -0.4 is 5.32 Å². The molecule has 0 atom stereocenters. The van der Waals surface area contributed by atoms with E-state index in [0.717, 1.165) is 11.6 Å². The second-order valence-electron chi connectivity index (χ2n) is 2.80. The van der Waals surface area contributed by atoms with Crippen molar-refractivity contribution in [1.82, 2.24) is 15.2 Å². The lowest BCUT2D eigenvalue weighted by molar-refractivity contribution is 1.09. The first-order chi connectivity index (χ1) is 6.34. The molecule has 0 spiro atoms. The van der Waals surface area contributed by atoms with Gasteiger partial charge in [-0.3, -0.25) is 5.10 Å². The molecule has 0 unspecified atom stereocenters. The molecule has 2 N–H and O–H groups in total. The van der Waals surface area contributed by atoms with Gasteiger partial charge in [0.25, 0.3) is 0 Å². The number of hydrogen-bond acceptors (Lipinski definition) is 3. The average Bonchev–Trinajstić information content (AvgIpc) is 2.57. The van der Waals surface area contributed by atoms with Crippen LogP contribution in [0.4, 0.5) is 11.6 Å². The SMILES string of the molecule is Cc1ccnc(Nc2cc[nH]n2)c1. The van der Waals surface area contributed by atoms with Crippen LogP contribution >= 0.6 is 0 Å². The van der Waals surface area contributed by atoms with Gasteiger partial charge in [-0.2, -0.15) is 5.10 Å². The van der Waals surface area contributed by atoms with Crippen LogP contribution in [0.3, 0.4) is 0 Å². The monoisotopic (exact) mass is 174 g/mol. The van der Waals surface area contributed by atoms with Crippen LogP contribution in [0, 0.1) is 6.92 Å². The molecule has 0 saturated heterocycles. The maximum absolute atomic E-state index is 4.15. The minimum absolute atomic E-state index is 0.776. The summed E-state index contributed by atoms with van der Waals surface area (Å²) in [5.74, 6) is 1.59. The first-order valence-electron chi connectivity index (χ1n) is 4.04. The van der Waals surface area contributed by atoms with Crippen molar-refractivity contribution in [3.8, 4) is 0 Å². The molecule has 0 aliphatic carbocycles. The highest BCUT2D eigenvalue weighted by Crippen LogP contribution is 2.11. The fraction of sp³-hybridized carbons (Fsp3) is 0.111. The van der Waals surface area contributed by atoms with Gasteiger partial charge >= 0.3 is 0 Å². The largest absolute Gasteiger partial charge is 0.323 e. The summed E-state index contributed by atoms with van der Waals surface area (Å²) in [5, 5.41) is 9.76. The Morgan fingerprint density at radius 1 is 1.31 bits per heavy atom. The molecule has 4 heteroatoms. The summed E-state index contributed by atoms with van der Waals surface area (Å²) in [6.45, 7) is 2.03. The van der Waals surface area contributed by atoms with E-state index in [2.05, 4.69) is 20.5 Å². The fourth-order valence-electron chi connectivity index (χ4n) is 1.07. The Morgan fingerprint density at radius 2 is 2.23 bits per heavy atom.